The fraction of sp³-hybridized carbons (Fsp3) is 0.524. The Morgan fingerprint density at radius 3 is 2.69 bits per heavy atom. The molecule has 3 aliphatic rings. The molecule has 4 rings (SSSR count). The van der Waals surface area contributed by atoms with Crippen molar-refractivity contribution in [3.63, 3.8) is 0 Å². The van der Waals surface area contributed by atoms with E-state index < -0.39 is 11.6 Å². The minimum absolute atomic E-state index is 0.0417. The molecule has 1 aromatic carbocycles. The molecule has 1 spiro atoms. The zero-order chi connectivity index (χ0) is 20.4. The second-order valence-corrected chi connectivity index (χ2v) is 8.04. The first-order chi connectivity index (χ1) is 14.0. The summed E-state index contributed by atoms with van der Waals surface area (Å²) < 4.78 is 16.4. The van der Waals surface area contributed by atoms with E-state index in [0.29, 0.717) is 40.6 Å². The lowest BCUT2D eigenvalue weighted by Gasteiger charge is -2.33. The number of hydrogen-bond donors (Lipinski definition) is 1. The van der Waals surface area contributed by atoms with Gasteiger partial charge in [-0.25, -0.2) is 4.79 Å². The summed E-state index contributed by atoms with van der Waals surface area (Å²) in [5.41, 5.74) is 0.647. The number of rotatable bonds is 6. The maximum atomic E-state index is 12.7. The number of aliphatic hydroxyl groups is 1. The van der Waals surface area contributed by atoms with Gasteiger partial charge >= 0.3 is 5.97 Å². The number of nitrogens with zero attached hydrogens (tertiary/aromatic N) is 1. The summed E-state index contributed by atoms with van der Waals surface area (Å²) in [7, 11) is 0. The van der Waals surface area contributed by atoms with Crippen LogP contribution in [-0.4, -0.2) is 29.2 Å². The van der Waals surface area contributed by atoms with E-state index in [4.69, 9.17) is 30.6 Å². The van der Waals surface area contributed by atoms with Crippen LogP contribution in [0.2, 0.25) is 5.02 Å². The smallest absolute Gasteiger partial charge is 0.344 e. The van der Waals surface area contributed by atoms with Crippen LogP contribution in [0, 0.1) is 0 Å². The third kappa shape index (κ3) is 4.01. The lowest BCUT2D eigenvalue weighted by atomic mass is 9.90. The van der Waals surface area contributed by atoms with Crippen molar-refractivity contribution in [3.8, 4) is 11.5 Å². The molecule has 1 fully saturated rings. The average molecular weight is 422 g/mol. The van der Waals surface area contributed by atoms with Gasteiger partial charge in [0.2, 0.25) is 6.79 Å². The van der Waals surface area contributed by atoms with Crippen molar-refractivity contribution in [2.75, 3.05) is 6.79 Å². The molecule has 7 nitrogen and oxygen atoms in total. The average Bonchev–Trinajstić information content (AvgIpc) is 3.30. The molecule has 156 valence electrons. The van der Waals surface area contributed by atoms with E-state index in [2.05, 4.69) is 5.16 Å². The fourth-order valence-corrected chi connectivity index (χ4v) is 4.29. The molecule has 0 aromatic heterocycles. The number of fused-ring (bicyclic) bond motifs is 1. The van der Waals surface area contributed by atoms with Gasteiger partial charge in [0.05, 0.1) is 10.7 Å². The highest BCUT2D eigenvalue weighted by Gasteiger charge is 2.44. The molecule has 0 unspecified atom stereocenters. The number of oxime groups is 1. The zero-order valence-corrected chi connectivity index (χ0v) is 17.1. The second kappa shape index (κ2) is 8.14. The first-order valence-electron chi connectivity index (χ1n) is 9.94. The van der Waals surface area contributed by atoms with Crippen molar-refractivity contribution < 1.29 is 28.9 Å². The number of carbonyl (C=O) groups is 1. The van der Waals surface area contributed by atoms with Crippen molar-refractivity contribution in [1.29, 1.82) is 0 Å². The molecule has 0 amide bonds. The van der Waals surface area contributed by atoms with Crippen molar-refractivity contribution in [3.05, 3.63) is 34.1 Å². The third-order valence-electron chi connectivity index (χ3n) is 5.52. The molecule has 0 radical (unpaired) electrons. The monoisotopic (exact) mass is 421 g/mol. The molecule has 0 bridgehead atoms. The summed E-state index contributed by atoms with van der Waals surface area (Å²) in [6.07, 6.45) is 5.14. The van der Waals surface area contributed by atoms with Crippen LogP contribution in [0.4, 0.5) is 0 Å². The van der Waals surface area contributed by atoms with Crippen molar-refractivity contribution in [2.45, 2.75) is 64.1 Å². The Balaban J connectivity index is 1.52. The van der Waals surface area contributed by atoms with Gasteiger partial charge in [0, 0.05) is 18.1 Å². The minimum Gasteiger partial charge on any atom is -0.511 e. The lowest BCUT2D eigenvalue weighted by molar-refractivity contribution is -0.157. The van der Waals surface area contributed by atoms with Gasteiger partial charge < -0.3 is 24.2 Å². The van der Waals surface area contributed by atoms with Crippen LogP contribution in [0.15, 0.2) is 28.6 Å². The maximum Gasteiger partial charge on any atom is 0.344 e. The van der Waals surface area contributed by atoms with Gasteiger partial charge in [0.15, 0.2) is 11.5 Å². The SMILES string of the molecule is CCCC(=NOCc1cc2c(cc1Cl)OCO2)C1=C(O)CC2(CCCC2)OC1=O. The molecule has 0 saturated heterocycles. The highest BCUT2D eigenvalue weighted by Crippen LogP contribution is 2.42. The summed E-state index contributed by atoms with van der Waals surface area (Å²) >= 11 is 6.26. The van der Waals surface area contributed by atoms with Crippen LogP contribution in [0.3, 0.4) is 0 Å². The van der Waals surface area contributed by atoms with Crippen molar-refractivity contribution in [2.24, 2.45) is 5.16 Å². The normalized spacial score (nSPS) is 20.3. The standard InChI is InChI=1S/C21H24ClNO6/c1-2-5-15(19-16(24)10-21(29-20(19)25)6-3-4-7-21)23-28-11-13-8-17-18(9-14(13)22)27-12-26-17/h8-9,24H,2-7,10-12H2,1H3. The van der Waals surface area contributed by atoms with Crippen LogP contribution in [-0.2, 0) is 21.0 Å². The first-order valence-corrected chi connectivity index (χ1v) is 10.3. The molecule has 1 saturated carbocycles. The molecular formula is C21H24ClNO6. The Labute approximate surface area is 174 Å². The molecule has 1 aliphatic carbocycles. The van der Waals surface area contributed by atoms with Crippen molar-refractivity contribution >= 4 is 23.3 Å². The summed E-state index contributed by atoms with van der Waals surface area (Å²) in [5, 5.41) is 15.2. The third-order valence-corrected chi connectivity index (χ3v) is 5.87. The Kier molecular flexibility index (Phi) is 5.58. The van der Waals surface area contributed by atoms with E-state index in [0.717, 1.165) is 32.1 Å². The predicted molar refractivity (Wildman–Crippen MR) is 106 cm³/mol. The van der Waals surface area contributed by atoms with Gasteiger partial charge in [0.25, 0.3) is 0 Å². The van der Waals surface area contributed by atoms with Crippen LogP contribution < -0.4 is 9.47 Å². The summed E-state index contributed by atoms with van der Waals surface area (Å²) in [6, 6.07) is 3.42. The Morgan fingerprint density at radius 2 is 2.00 bits per heavy atom. The minimum atomic E-state index is -0.553. The number of aliphatic hydroxyl groups excluding tert-OH is 1. The molecular weight excluding hydrogens is 398 g/mol. The van der Waals surface area contributed by atoms with Gasteiger partial charge in [0.1, 0.15) is 23.5 Å². The van der Waals surface area contributed by atoms with E-state index in [1.165, 1.54) is 0 Å². The van der Waals surface area contributed by atoms with Gasteiger partial charge in [-0.05, 0) is 38.2 Å². The van der Waals surface area contributed by atoms with E-state index in [1.807, 2.05) is 6.92 Å². The number of halogens is 1. The highest BCUT2D eigenvalue weighted by molar-refractivity contribution is 6.31. The number of benzene rings is 1. The van der Waals surface area contributed by atoms with Gasteiger partial charge in [-0.3, -0.25) is 0 Å². The second-order valence-electron chi connectivity index (χ2n) is 7.64. The molecule has 1 N–H and O–H groups in total. The van der Waals surface area contributed by atoms with Crippen LogP contribution in [0.5, 0.6) is 11.5 Å². The summed E-state index contributed by atoms with van der Waals surface area (Å²) in [4.78, 5) is 18.2. The number of hydrogen-bond acceptors (Lipinski definition) is 7. The van der Waals surface area contributed by atoms with E-state index in [9.17, 15) is 9.90 Å². The Bertz CT molecular complexity index is 872. The van der Waals surface area contributed by atoms with Gasteiger partial charge in [-0.2, -0.15) is 0 Å². The van der Waals surface area contributed by atoms with Crippen LogP contribution in [0.25, 0.3) is 0 Å². The highest BCUT2D eigenvalue weighted by atomic mass is 35.5. The Morgan fingerprint density at radius 1 is 1.28 bits per heavy atom. The molecule has 29 heavy (non-hydrogen) atoms. The van der Waals surface area contributed by atoms with Gasteiger partial charge in [-0.15, -0.1) is 0 Å². The number of ether oxygens (including phenoxy) is 3. The molecule has 2 aliphatic heterocycles. The summed E-state index contributed by atoms with van der Waals surface area (Å²) in [5.74, 6) is 0.714. The quantitative estimate of drug-likeness (QED) is 0.403. The van der Waals surface area contributed by atoms with Crippen LogP contribution >= 0.6 is 11.6 Å². The summed E-state index contributed by atoms with van der Waals surface area (Å²) in [6.45, 7) is 2.22. The molecule has 1 aromatic rings. The maximum absolute atomic E-state index is 12.7. The zero-order valence-electron chi connectivity index (χ0n) is 16.3. The molecule has 2 heterocycles. The topological polar surface area (TPSA) is 86.6 Å². The van der Waals surface area contributed by atoms with Gasteiger partial charge in [-0.1, -0.05) is 30.1 Å². The molecule has 0 atom stereocenters. The molecule has 8 heteroatoms. The van der Waals surface area contributed by atoms with E-state index >= 15 is 0 Å². The largest absolute Gasteiger partial charge is 0.511 e. The first kappa shape index (κ1) is 19.9. The number of esters is 1. The fourth-order valence-electron chi connectivity index (χ4n) is 4.08. The Hall–Kier alpha value is -2.41. The van der Waals surface area contributed by atoms with Crippen molar-refractivity contribution in [1.82, 2.24) is 0 Å². The van der Waals surface area contributed by atoms with E-state index in [-0.39, 0.29) is 24.7 Å². The number of carbonyl (C=O) groups excluding carboxylic acids is 1. The van der Waals surface area contributed by atoms with Crippen LogP contribution in [0.1, 0.15) is 57.4 Å². The predicted octanol–water partition coefficient (Wildman–Crippen LogP) is 4.81. The lowest BCUT2D eigenvalue weighted by Crippen LogP contribution is -2.39. The van der Waals surface area contributed by atoms with E-state index in [1.54, 1.807) is 12.1 Å².